The number of hydrogen-bond acceptors (Lipinski definition) is 7. The number of nitrogens with one attached hydrogen (secondary N) is 3. The van der Waals surface area contributed by atoms with Crippen molar-refractivity contribution in [3.8, 4) is 0 Å². The van der Waals surface area contributed by atoms with E-state index in [-0.39, 0.29) is 36.1 Å². The third-order valence-corrected chi connectivity index (χ3v) is 12.4. The molecule has 0 unspecified atom stereocenters. The second-order valence-electron chi connectivity index (χ2n) is 17.6. The van der Waals surface area contributed by atoms with Crippen molar-refractivity contribution < 1.29 is 24.3 Å². The Balaban J connectivity index is 0.000000169. The number of rotatable bonds is 17. The molecule has 2 heterocycles. The third-order valence-electron chi connectivity index (χ3n) is 12.4. The van der Waals surface area contributed by atoms with Gasteiger partial charge in [-0.05, 0) is 136 Å². The first-order chi connectivity index (χ1) is 29.4. The number of carbonyl (C=O) groups is 4. The van der Waals surface area contributed by atoms with E-state index in [1.165, 1.54) is 47.9 Å². The fraction of sp³-hybridized carbons (Fsp3) is 0.440. The number of benzene rings is 4. The molecule has 0 radical (unpaired) electrons. The molecule has 2 saturated carbocycles. The van der Waals surface area contributed by atoms with E-state index in [0.717, 1.165) is 35.3 Å². The summed E-state index contributed by atoms with van der Waals surface area (Å²) in [6.07, 6.45) is 8.36. The number of anilines is 2. The van der Waals surface area contributed by atoms with Gasteiger partial charge < -0.3 is 36.6 Å². The lowest BCUT2D eigenvalue weighted by molar-refractivity contribution is -0.137. The molecule has 2 aliphatic carbocycles. The number of likely N-dealkylation sites (N-methyl/N-ethyl adjacent to an activating group) is 2. The van der Waals surface area contributed by atoms with Crippen molar-refractivity contribution in [2.24, 2.45) is 17.6 Å². The summed E-state index contributed by atoms with van der Waals surface area (Å²) in [6, 6.07) is 33.3. The SMILES string of the molecule is CN(C)[C@H](CN)Cc1ccc2c(c1)CC(=O)N2.CN(C)[C@H](CNC(=O)C[C@@H](c1ccccc1)C1CC1)Cc1ccc2c(c1)CC(=O)N2.O=C(O)C[C@@H](c1ccccc1)C1CC1. The summed E-state index contributed by atoms with van der Waals surface area (Å²) in [5, 5.41) is 17.7. The van der Waals surface area contributed by atoms with Crippen molar-refractivity contribution in [2.75, 3.05) is 51.9 Å². The van der Waals surface area contributed by atoms with E-state index in [4.69, 9.17) is 10.8 Å². The molecular formula is C50H64N6O5. The largest absolute Gasteiger partial charge is 0.481 e. The van der Waals surface area contributed by atoms with E-state index in [1.807, 2.05) is 76.7 Å². The number of carbonyl (C=O) groups excluding carboxylic acids is 3. The maximum absolute atomic E-state index is 12.8. The Labute approximate surface area is 361 Å². The number of carboxylic acids is 1. The van der Waals surface area contributed by atoms with Crippen LogP contribution in [0.15, 0.2) is 97.1 Å². The van der Waals surface area contributed by atoms with Crippen molar-refractivity contribution in [3.63, 3.8) is 0 Å². The van der Waals surface area contributed by atoms with Crippen LogP contribution in [0.1, 0.15) is 83.7 Å². The van der Waals surface area contributed by atoms with Gasteiger partial charge >= 0.3 is 5.97 Å². The molecule has 8 rings (SSSR count). The van der Waals surface area contributed by atoms with E-state index in [1.54, 1.807) is 0 Å². The van der Waals surface area contributed by atoms with Gasteiger partial charge in [-0.15, -0.1) is 0 Å². The van der Waals surface area contributed by atoms with Crippen molar-refractivity contribution in [1.82, 2.24) is 15.1 Å². The maximum Gasteiger partial charge on any atom is 0.303 e. The Hall–Kier alpha value is -5.36. The first-order valence-electron chi connectivity index (χ1n) is 21.8. The first-order valence-corrected chi connectivity index (χ1v) is 21.8. The lowest BCUT2D eigenvalue weighted by Crippen LogP contribution is -2.42. The van der Waals surface area contributed by atoms with Gasteiger partial charge in [-0.3, -0.25) is 19.2 Å². The summed E-state index contributed by atoms with van der Waals surface area (Å²) in [4.78, 5) is 50.6. The van der Waals surface area contributed by atoms with E-state index in [2.05, 4.69) is 74.3 Å². The molecular weight excluding hydrogens is 765 g/mol. The molecule has 11 heteroatoms. The molecule has 3 amide bonds. The minimum atomic E-state index is -0.689. The standard InChI is InChI=1S/C25H31N3O2.C13H19N3O.C12H14O2/c1-28(2)21(13-17-8-11-23-20(12-17)14-25(30)27-23)16-26-24(29)15-22(19-9-10-19)18-6-4-3-5-7-18;1-16(2)11(8-14)6-9-3-4-12-10(5-9)7-13(17)15-12;13-12(14)8-11(10-6-7-10)9-4-2-1-3-5-9/h3-8,11-12,19,21-22H,9-10,13-16H2,1-2H3,(H,26,29)(H,27,30);3-5,11H,6-8,14H2,1-2H3,(H,15,17);1-5,10-11H,6-8H2,(H,13,14)/t21-,22-;2*11-/m000/s1. The van der Waals surface area contributed by atoms with Crippen molar-refractivity contribution in [2.45, 2.75) is 88.1 Å². The normalized spacial score (nSPS) is 17.0. The van der Waals surface area contributed by atoms with E-state index >= 15 is 0 Å². The fourth-order valence-electron chi connectivity index (χ4n) is 8.48. The van der Waals surface area contributed by atoms with E-state index in [9.17, 15) is 19.2 Å². The van der Waals surface area contributed by atoms with Crippen LogP contribution in [0, 0.1) is 11.8 Å². The predicted molar refractivity (Wildman–Crippen MR) is 243 cm³/mol. The van der Waals surface area contributed by atoms with Gasteiger partial charge in [0.1, 0.15) is 0 Å². The monoisotopic (exact) mass is 828 g/mol. The third kappa shape index (κ3) is 13.6. The molecule has 0 spiro atoms. The molecule has 0 saturated heterocycles. The first kappa shape index (κ1) is 45.2. The quantitative estimate of drug-likeness (QED) is 0.0796. The smallest absolute Gasteiger partial charge is 0.303 e. The summed E-state index contributed by atoms with van der Waals surface area (Å²) in [6.45, 7) is 1.26. The summed E-state index contributed by atoms with van der Waals surface area (Å²) in [5.74, 6) is 1.39. The molecule has 4 aromatic carbocycles. The van der Waals surface area contributed by atoms with Gasteiger partial charge in [0, 0.05) is 43.0 Å². The number of hydrogen-bond donors (Lipinski definition) is 5. The van der Waals surface area contributed by atoms with E-state index < -0.39 is 5.97 Å². The number of nitrogens with zero attached hydrogens (tertiary/aromatic N) is 2. The Kier molecular flexibility index (Phi) is 15.9. The molecule has 11 nitrogen and oxygen atoms in total. The Morgan fingerprint density at radius 2 is 1.11 bits per heavy atom. The predicted octanol–water partition coefficient (Wildman–Crippen LogP) is 6.62. The number of carboxylic acid groups (broad SMARTS) is 1. The Morgan fingerprint density at radius 3 is 1.52 bits per heavy atom. The fourth-order valence-corrected chi connectivity index (χ4v) is 8.48. The van der Waals surface area contributed by atoms with Crippen LogP contribution in [0.4, 0.5) is 11.4 Å². The minimum Gasteiger partial charge on any atom is -0.481 e. The van der Waals surface area contributed by atoms with Crippen LogP contribution in [-0.2, 0) is 44.9 Å². The van der Waals surface area contributed by atoms with Crippen molar-refractivity contribution in [1.29, 1.82) is 0 Å². The topological polar surface area (TPSA) is 157 Å². The van der Waals surface area contributed by atoms with Crippen LogP contribution in [0.2, 0.25) is 0 Å². The van der Waals surface area contributed by atoms with Gasteiger partial charge in [-0.1, -0.05) is 84.9 Å². The van der Waals surface area contributed by atoms with Gasteiger partial charge in [0.25, 0.3) is 0 Å². The maximum atomic E-state index is 12.8. The number of nitrogens with two attached hydrogens (primary N) is 1. The summed E-state index contributed by atoms with van der Waals surface area (Å²) < 4.78 is 0. The molecule has 61 heavy (non-hydrogen) atoms. The average Bonchev–Trinajstić information content (AvgIpc) is 4.18. The van der Waals surface area contributed by atoms with E-state index in [0.29, 0.717) is 56.1 Å². The summed E-state index contributed by atoms with van der Waals surface area (Å²) in [5.41, 5.74) is 14.7. The molecule has 6 N–H and O–H groups in total. The van der Waals surface area contributed by atoms with Crippen LogP contribution in [0.25, 0.3) is 0 Å². The molecule has 2 fully saturated rings. The lowest BCUT2D eigenvalue weighted by atomic mass is 9.90. The van der Waals surface area contributed by atoms with Gasteiger partial charge in [0.2, 0.25) is 17.7 Å². The zero-order chi connectivity index (χ0) is 43.5. The highest BCUT2D eigenvalue weighted by atomic mass is 16.4. The van der Waals surface area contributed by atoms with Crippen LogP contribution < -0.4 is 21.7 Å². The molecule has 4 aromatic rings. The number of aliphatic carboxylic acids is 1. The van der Waals surface area contributed by atoms with Crippen LogP contribution in [-0.4, -0.2) is 92.0 Å². The molecule has 4 aliphatic rings. The second-order valence-corrected chi connectivity index (χ2v) is 17.6. The Morgan fingerprint density at radius 1 is 0.672 bits per heavy atom. The highest BCUT2D eigenvalue weighted by Gasteiger charge is 2.34. The summed E-state index contributed by atoms with van der Waals surface area (Å²) in [7, 11) is 8.17. The average molecular weight is 829 g/mol. The van der Waals surface area contributed by atoms with Gasteiger partial charge in [0.15, 0.2) is 0 Å². The molecule has 0 bridgehead atoms. The van der Waals surface area contributed by atoms with Gasteiger partial charge in [0.05, 0.1) is 19.3 Å². The zero-order valence-electron chi connectivity index (χ0n) is 36.2. The number of amides is 3. The Bertz CT molecular complexity index is 2100. The summed E-state index contributed by atoms with van der Waals surface area (Å²) >= 11 is 0. The van der Waals surface area contributed by atoms with Crippen molar-refractivity contribution >= 4 is 35.1 Å². The lowest BCUT2D eigenvalue weighted by Gasteiger charge is -2.25. The highest BCUT2D eigenvalue weighted by molar-refractivity contribution is 5.99. The van der Waals surface area contributed by atoms with Gasteiger partial charge in [-0.2, -0.15) is 0 Å². The minimum absolute atomic E-state index is 0.0576. The molecule has 0 aromatic heterocycles. The second kappa shape index (κ2) is 21.4. The molecule has 2 aliphatic heterocycles. The van der Waals surface area contributed by atoms with Gasteiger partial charge in [-0.25, -0.2) is 0 Å². The highest BCUT2D eigenvalue weighted by Crippen LogP contribution is 2.45. The van der Waals surface area contributed by atoms with Crippen molar-refractivity contribution in [3.05, 3.63) is 130 Å². The van der Waals surface area contributed by atoms with Crippen LogP contribution >= 0.6 is 0 Å². The zero-order valence-corrected chi connectivity index (χ0v) is 36.2. The van der Waals surface area contributed by atoms with Crippen LogP contribution in [0.5, 0.6) is 0 Å². The number of fused-ring (bicyclic) bond motifs is 2. The van der Waals surface area contributed by atoms with Crippen LogP contribution in [0.3, 0.4) is 0 Å². The molecule has 4 atom stereocenters. The molecule has 324 valence electrons.